The number of rotatable bonds is 4. The molecule has 0 aromatic heterocycles. The molecule has 1 fully saturated rings. The van der Waals surface area contributed by atoms with E-state index in [9.17, 15) is 0 Å². The molecule has 0 aliphatic heterocycles. The molecule has 0 spiro atoms. The minimum atomic E-state index is 0.896. The third-order valence-electron chi connectivity index (χ3n) is 4.26. The van der Waals surface area contributed by atoms with Gasteiger partial charge >= 0.3 is 0 Å². The molecule has 1 aliphatic carbocycles. The molecule has 0 saturated heterocycles. The summed E-state index contributed by atoms with van der Waals surface area (Å²) >= 11 is 0. The van der Waals surface area contributed by atoms with Crippen molar-refractivity contribution >= 4 is 0 Å². The van der Waals surface area contributed by atoms with Crippen molar-refractivity contribution in [2.45, 2.75) is 25.7 Å². The Balaban J connectivity index is 1.59. The molecule has 3 rings (SSSR count). The summed E-state index contributed by atoms with van der Waals surface area (Å²) in [4.78, 5) is 0. The van der Waals surface area contributed by atoms with E-state index in [0.717, 1.165) is 11.8 Å². The van der Waals surface area contributed by atoms with Gasteiger partial charge in [-0.1, -0.05) is 60.7 Å². The Morgan fingerprint density at radius 2 is 1.00 bits per heavy atom. The molecule has 0 amide bonds. The van der Waals surface area contributed by atoms with Crippen LogP contribution in [-0.4, -0.2) is 0 Å². The van der Waals surface area contributed by atoms with Gasteiger partial charge in [-0.15, -0.1) is 0 Å². The first-order chi connectivity index (χ1) is 8.92. The first-order valence-electron chi connectivity index (χ1n) is 6.99. The molecule has 2 aromatic rings. The van der Waals surface area contributed by atoms with E-state index in [2.05, 4.69) is 60.7 Å². The van der Waals surface area contributed by atoms with Gasteiger partial charge in [-0.2, -0.15) is 0 Å². The highest BCUT2D eigenvalue weighted by molar-refractivity contribution is 5.18. The first kappa shape index (κ1) is 11.5. The lowest BCUT2D eigenvalue weighted by atomic mass is 9.68. The van der Waals surface area contributed by atoms with Gasteiger partial charge in [-0.25, -0.2) is 0 Å². The van der Waals surface area contributed by atoms with E-state index in [1.54, 1.807) is 0 Å². The third kappa shape index (κ3) is 2.64. The van der Waals surface area contributed by atoms with Gasteiger partial charge in [0.15, 0.2) is 0 Å². The fourth-order valence-corrected chi connectivity index (χ4v) is 3.01. The van der Waals surface area contributed by atoms with Crippen LogP contribution in [-0.2, 0) is 12.8 Å². The normalized spacial score (nSPS) is 22.4. The van der Waals surface area contributed by atoms with Gasteiger partial charge in [0.1, 0.15) is 0 Å². The maximum atomic E-state index is 2.26. The molecule has 0 unspecified atom stereocenters. The Hall–Kier alpha value is -1.56. The quantitative estimate of drug-likeness (QED) is 0.733. The fraction of sp³-hybridized carbons (Fsp3) is 0.333. The Bertz CT molecular complexity index is 424. The Kier molecular flexibility index (Phi) is 3.45. The zero-order chi connectivity index (χ0) is 12.2. The molecule has 0 N–H and O–H groups in total. The molecule has 0 bridgehead atoms. The van der Waals surface area contributed by atoms with Crippen molar-refractivity contribution in [2.24, 2.45) is 11.8 Å². The Morgan fingerprint density at radius 3 is 1.33 bits per heavy atom. The second-order valence-electron chi connectivity index (χ2n) is 5.48. The van der Waals surface area contributed by atoms with E-state index in [-0.39, 0.29) is 0 Å². The smallest absolute Gasteiger partial charge is 0.0248 e. The number of benzene rings is 2. The van der Waals surface area contributed by atoms with Gasteiger partial charge in [0, 0.05) is 0 Å². The maximum Gasteiger partial charge on any atom is -0.0248 e. The molecule has 92 valence electrons. The van der Waals surface area contributed by atoms with Gasteiger partial charge in [-0.3, -0.25) is 0 Å². The standard InChI is InChI=1S/C18H20/c1-3-7-15(8-4-1)13-17-11-12-18(17)14-16-9-5-2-6-10-16/h1-10,17-18H,11-14H2/t17-,18-/m0/s1. The topological polar surface area (TPSA) is 0 Å². The Morgan fingerprint density at radius 1 is 0.611 bits per heavy atom. The third-order valence-corrected chi connectivity index (χ3v) is 4.26. The summed E-state index contributed by atoms with van der Waals surface area (Å²) in [5.74, 6) is 1.79. The van der Waals surface area contributed by atoms with E-state index in [0.29, 0.717) is 0 Å². The molecule has 0 heteroatoms. The van der Waals surface area contributed by atoms with Gasteiger partial charge in [-0.05, 0) is 48.6 Å². The van der Waals surface area contributed by atoms with Gasteiger partial charge in [0.25, 0.3) is 0 Å². The summed E-state index contributed by atoms with van der Waals surface area (Å²) < 4.78 is 0. The lowest BCUT2D eigenvalue weighted by Crippen LogP contribution is -2.29. The average Bonchev–Trinajstić information content (AvgIpc) is 2.43. The van der Waals surface area contributed by atoms with Crippen molar-refractivity contribution in [1.29, 1.82) is 0 Å². The highest BCUT2D eigenvalue weighted by Gasteiger charge is 2.30. The molecule has 0 radical (unpaired) electrons. The molecule has 0 heterocycles. The van der Waals surface area contributed by atoms with Crippen molar-refractivity contribution in [2.75, 3.05) is 0 Å². The molecule has 0 nitrogen and oxygen atoms in total. The number of hydrogen-bond acceptors (Lipinski definition) is 0. The molecule has 1 saturated carbocycles. The molecule has 18 heavy (non-hydrogen) atoms. The van der Waals surface area contributed by atoms with E-state index in [1.807, 2.05) is 0 Å². The summed E-state index contributed by atoms with van der Waals surface area (Å²) in [7, 11) is 0. The van der Waals surface area contributed by atoms with Crippen molar-refractivity contribution in [1.82, 2.24) is 0 Å². The van der Waals surface area contributed by atoms with Crippen LogP contribution in [0, 0.1) is 11.8 Å². The van der Waals surface area contributed by atoms with Gasteiger partial charge in [0.2, 0.25) is 0 Å². The summed E-state index contributed by atoms with van der Waals surface area (Å²) in [6.45, 7) is 0. The van der Waals surface area contributed by atoms with Gasteiger partial charge in [0.05, 0.1) is 0 Å². The zero-order valence-electron chi connectivity index (χ0n) is 10.8. The van der Waals surface area contributed by atoms with Crippen molar-refractivity contribution in [3.63, 3.8) is 0 Å². The number of hydrogen-bond donors (Lipinski definition) is 0. The highest BCUT2D eigenvalue weighted by Crippen LogP contribution is 2.38. The van der Waals surface area contributed by atoms with Crippen LogP contribution < -0.4 is 0 Å². The van der Waals surface area contributed by atoms with Crippen molar-refractivity contribution < 1.29 is 0 Å². The summed E-state index contributed by atoms with van der Waals surface area (Å²) in [6, 6.07) is 21.9. The van der Waals surface area contributed by atoms with Crippen LogP contribution in [0.15, 0.2) is 60.7 Å². The molecule has 2 atom stereocenters. The second kappa shape index (κ2) is 5.39. The van der Waals surface area contributed by atoms with E-state index in [4.69, 9.17) is 0 Å². The molecular weight excluding hydrogens is 216 g/mol. The predicted octanol–water partition coefficient (Wildman–Crippen LogP) is 4.50. The zero-order valence-corrected chi connectivity index (χ0v) is 10.8. The monoisotopic (exact) mass is 236 g/mol. The second-order valence-corrected chi connectivity index (χ2v) is 5.48. The van der Waals surface area contributed by atoms with Crippen LogP contribution in [0.4, 0.5) is 0 Å². The first-order valence-corrected chi connectivity index (χ1v) is 6.99. The van der Waals surface area contributed by atoms with Gasteiger partial charge < -0.3 is 0 Å². The average molecular weight is 236 g/mol. The summed E-state index contributed by atoms with van der Waals surface area (Å²) in [5, 5.41) is 0. The highest BCUT2D eigenvalue weighted by atomic mass is 14.3. The summed E-state index contributed by atoms with van der Waals surface area (Å²) in [6.07, 6.45) is 5.34. The van der Waals surface area contributed by atoms with Crippen LogP contribution in [0.3, 0.4) is 0 Å². The van der Waals surface area contributed by atoms with Crippen LogP contribution in [0.5, 0.6) is 0 Å². The molecular formula is C18H20. The Labute approximate surface area is 110 Å². The lowest BCUT2D eigenvalue weighted by Gasteiger charge is -2.37. The van der Waals surface area contributed by atoms with Crippen molar-refractivity contribution in [3.05, 3.63) is 71.8 Å². The van der Waals surface area contributed by atoms with Crippen LogP contribution in [0.1, 0.15) is 24.0 Å². The van der Waals surface area contributed by atoms with E-state index >= 15 is 0 Å². The van der Waals surface area contributed by atoms with E-state index < -0.39 is 0 Å². The predicted molar refractivity (Wildman–Crippen MR) is 76.5 cm³/mol. The van der Waals surface area contributed by atoms with E-state index in [1.165, 1.54) is 36.8 Å². The molecule has 1 aliphatic rings. The van der Waals surface area contributed by atoms with Crippen LogP contribution in [0.2, 0.25) is 0 Å². The summed E-state index contributed by atoms with van der Waals surface area (Å²) in [5.41, 5.74) is 3.00. The SMILES string of the molecule is c1ccc(C[C@@H]2CC[C@H]2Cc2ccccc2)cc1. The van der Waals surface area contributed by atoms with Crippen LogP contribution in [0.25, 0.3) is 0 Å². The van der Waals surface area contributed by atoms with Crippen LogP contribution >= 0.6 is 0 Å². The van der Waals surface area contributed by atoms with Crippen molar-refractivity contribution in [3.8, 4) is 0 Å². The minimum absolute atomic E-state index is 0.896. The largest absolute Gasteiger partial charge is 0.0622 e. The maximum absolute atomic E-state index is 2.26. The molecule has 2 aromatic carbocycles. The minimum Gasteiger partial charge on any atom is -0.0622 e. The fourth-order valence-electron chi connectivity index (χ4n) is 3.01. The lowest BCUT2D eigenvalue weighted by molar-refractivity contribution is 0.174.